The molecule has 1 N–H and O–H groups in total. The molecule has 21 heavy (non-hydrogen) atoms. The molecule has 2 aliphatic carbocycles. The fraction of sp³-hybridized carbons (Fsp3) is 0.533. The number of methoxy groups -OCH3 is 1. The topological polar surface area (TPSA) is 81.5 Å². The van der Waals surface area contributed by atoms with Crippen molar-refractivity contribution in [2.24, 2.45) is 17.8 Å². The van der Waals surface area contributed by atoms with E-state index in [-0.39, 0.29) is 23.2 Å². The minimum Gasteiger partial charge on any atom is -0.496 e. The van der Waals surface area contributed by atoms with Gasteiger partial charge in [-0.05, 0) is 43.2 Å². The number of fused-ring (bicyclic) bond motifs is 2. The first-order valence-electron chi connectivity index (χ1n) is 7.21. The Hall–Kier alpha value is -2.11. The largest absolute Gasteiger partial charge is 0.496 e. The van der Waals surface area contributed by atoms with Gasteiger partial charge in [0.25, 0.3) is 5.69 Å². The lowest BCUT2D eigenvalue weighted by Gasteiger charge is -2.20. The van der Waals surface area contributed by atoms with Crippen LogP contribution < -0.4 is 10.1 Å². The monoisotopic (exact) mass is 290 g/mol. The molecule has 2 aliphatic rings. The zero-order valence-corrected chi connectivity index (χ0v) is 11.9. The minimum absolute atomic E-state index is 0.00505. The van der Waals surface area contributed by atoms with E-state index in [1.807, 2.05) is 0 Å². The second-order valence-electron chi connectivity index (χ2n) is 5.91. The second-order valence-corrected chi connectivity index (χ2v) is 5.91. The lowest BCUT2D eigenvalue weighted by molar-refractivity contribution is -0.384. The average Bonchev–Trinajstić information content (AvgIpc) is 3.10. The number of benzene rings is 1. The van der Waals surface area contributed by atoms with E-state index in [0.29, 0.717) is 17.6 Å². The summed E-state index contributed by atoms with van der Waals surface area (Å²) in [6.07, 6.45) is 4.37. The standard InChI is InChI=1S/C15H18N2O4/c1-21-11-4-5-13(14(8-11)17(19)20)16-15(18)12-7-9-2-3-10(12)6-9/h4-5,8-10,12H,2-3,6-7H2,1H3,(H,16,18)/t9-,10+,12+/m0/s1. The number of hydrogen-bond donors (Lipinski definition) is 1. The number of nitrogens with zero attached hydrogens (tertiary/aromatic N) is 1. The zero-order chi connectivity index (χ0) is 15.0. The van der Waals surface area contributed by atoms with Gasteiger partial charge in [0.05, 0.1) is 18.1 Å². The molecule has 0 aliphatic heterocycles. The van der Waals surface area contributed by atoms with Crippen LogP contribution in [-0.2, 0) is 4.79 Å². The molecule has 0 saturated heterocycles. The molecule has 0 spiro atoms. The molecular weight excluding hydrogens is 272 g/mol. The molecule has 2 saturated carbocycles. The Balaban J connectivity index is 1.78. The smallest absolute Gasteiger partial charge is 0.296 e. The maximum Gasteiger partial charge on any atom is 0.296 e. The summed E-state index contributed by atoms with van der Waals surface area (Å²) < 4.78 is 4.99. The number of carbonyl (C=O) groups is 1. The van der Waals surface area contributed by atoms with Gasteiger partial charge in [0, 0.05) is 5.92 Å². The Morgan fingerprint density at radius 2 is 2.19 bits per heavy atom. The molecule has 0 heterocycles. The Morgan fingerprint density at radius 1 is 1.38 bits per heavy atom. The first kappa shape index (κ1) is 13.9. The first-order valence-corrected chi connectivity index (χ1v) is 7.21. The fourth-order valence-corrected chi connectivity index (χ4v) is 3.69. The van der Waals surface area contributed by atoms with Gasteiger partial charge in [0.15, 0.2) is 0 Å². The van der Waals surface area contributed by atoms with Gasteiger partial charge in [-0.2, -0.15) is 0 Å². The van der Waals surface area contributed by atoms with Crippen LogP contribution in [0.3, 0.4) is 0 Å². The summed E-state index contributed by atoms with van der Waals surface area (Å²) in [5.41, 5.74) is 0.111. The van der Waals surface area contributed by atoms with E-state index in [4.69, 9.17) is 4.74 Å². The maximum absolute atomic E-state index is 12.4. The van der Waals surface area contributed by atoms with E-state index >= 15 is 0 Å². The number of hydrogen-bond acceptors (Lipinski definition) is 4. The molecule has 3 rings (SSSR count). The Morgan fingerprint density at radius 3 is 2.76 bits per heavy atom. The molecule has 2 fully saturated rings. The van der Waals surface area contributed by atoms with Crippen molar-refractivity contribution >= 4 is 17.3 Å². The van der Waals surface area contributed by atoms with E-state index in [1.54, 1.807) is 6.07 Å². The lowest BCUT2D eigenvalue weighted by atomic mass is 9.88. The van der Waals surface area contributed by atoms with Crippen molar-refractivity contribution in [1.82, 2.24) is 0 Å². The number of carbonyl (C=O) groups excluding carboxylic acids is 1. The van der Waals surface area contributed by atoms with Crippen molar-refractivity contribution in [3.05, 3.63) is 28.3 Å². The second kappa shape index (κ2) is 5.35. The van der Waals surface area contributed by atoms with Crippen LogP contribution in [-0.4, -0.2) is 17.9 Å². The number of amides is 1. The van der Waals surface area contributed by atoms with Gasteiger partial charge < -0.3 is 10.1 Å². The molecule has 6 heteroatoms. The number of nitrogens with one attached hydrogen (secondary N) is 1. The summed E-state index contributed by atoms with van der Waals surface area (Å²) in [6, 6.07) is 4.47. The van der Waals surface area contributed by atoms with E-state index in [1.165, 1.54) is 25.7 Å². The number of anilines is 1. The quantitative estimate of drug-likeness (QED) is 0.682. The lowest BCUT2D eigenvalue weighted by Crippen LogP contribution is -2.27. The third-order valence-corrected chi connectivity index (χ3v) is 4.73. The summed E-state index contributed by atoms with van der Waals surface area (Å²) in [6.45, 7) is 0. The average molecular weight is 290 g/mol. The van der Waals surface area contributed by atoms with Gasteiger partial charge in [0.2, 0.25) is 5.91 Å². The van der Waals surface area contributed by atoms with Crippen molar-refractivity contribution in [3.8, 4) is 5.75 Å². The maximum atomic E-state index is 12.4. The molecule has 0 radical (unpaired) electrons. The predicted octanol–water partition coefficient (Wildman–Crippen LogP) is 2.98. The molecule has 1 aromatic carbocycles. The van der Waals surface area contributed by atoms with E-state index < -0.39 is 4.92 Å². The molecule has 0 aromatic heterocycles. The Kier molecular flexibility index (Phi) is 3.53. The van der Waals surface area contributed by atoms with Gasteiger partial charge in [0.1, 0.15) is 11.4 Å². The van der Waals surface area contributed by atoms with Gasteiger partial charge in [-0.25, -0.2) is 0 Å². The van der Waals surface area contributed by atoms with Crippen molar-refractivity contribution in [2.45, 2.75) is 25.7 Å². The van der Waals surface area contributed by atoms with Crippen LogP contribution in [0.5, 0.6) is 5.75 Å². The summed E-state index contributed by atoms with van der Waals surface area (Å²) in [7, 11) is 1.45. The molecule has 2 bridgehead atoms. The van der Waals surface area contributed by atoms with Crippen LogP contribution in [0.25, 0.3) is 0 Å². The van der Waals surface area contributed by atoms with Crippen LogP contribution in [0.2, 0.25) is 0 Å². The minimum atomic E-state index is -0.501. The first-order chi connectivity index (χ1) is 10.1. The van der Waals surface area contributed by atoms with Crippen LogP contribution in [0.15, 0.2) is 18.2 Å². The van der Waals surface area contributed by atoms with Gasteiger partial charge in [-0.1, -0.05) is 6.42 Å². The molecule has 1 amide bonds. The molecule has 6 nitrogen and oxygen atoms in total. The highest BCUT2D eigenvalue weighted by atomic mass is 16.6. The SMILES string of the molecule is COc1ccc(NC(=O)[C@@H]2C[C@H]3CC[C@@H]2C3)c([N+](=O)[O-])c1. The van der Waals surface area contributed by atoms with E-state index in [2.05, 4.69) is 5.32 Å². The zero-order valence-electron chi connectivity index (χ0n) is 11.9. The van der Waals surface area contributed by atoms with Crippen LogP contribution in [0, 0.1) is 27.9 Å². The van der Waals surface area contributed by atoms with Crippen molar-refractivity contribution < 1.29 is 14.5 Å². The highest BCUT2D eigenvalue weighted by Crippen LogP contribution is 2.48. The van der Waals surface area contributed by atoms with Gasteiger partial charge in [-0.3, -0.25) is 14.9 Å². The summed E-state index contributed by atoms with van der Waals surface area (Å²) in [4.78, 5) is 23.0. The Labute approximate surface area is 122 Å². The summed E-state index contributed by atoms with van der Waals surface area (Å²) in [5, 5.41) is 13.9. The molecular formula is C15H18N2O4. The number of ether oxygens (including phenoxy) is 1. The van der Waals surface area contributed by atoms with Gasteiger partial charge >= 0.3 is 0 Å². The molecule has 3 atom stereocenters. The number of rotatable bonds is 4. The fourth-order valence-electron chi connectivity index (χ4n) is 3.69. The highest BCUT2D eigenvalue weighted by molar-refractivity contribution is 5.95. The van der Waals surface area contributed by atoms with Crippen LogP contribution in [0.4, 0.5) is 11.4 Å². The Bertz CT molecular complexity index is 587. The third-order valence-electron chi connectivity index (χ3n) is 4.73. The molecule has 112 valence electrons. The van der Waals surface area contributed by atoms with Crippen molar-refractivity contribution in [3.63, 3.8) is 0 Å². The molecule has 0 unspecified atom stereocenters. The third kappa shape index (κ3) is 2.57. The summed E-state index contributed by atoms with van der Waals surface area (Å²) >= 11 is 0. The van der Waals surface area contributed by atoms with E-state index in [9.17, 15) is 14.9 Å². The van der Waals surface area contributed by atoms with Crippen LogP contribution in [0.1, 0.15) is 25.7 Å². The van der Waals surface area contributed by atoms with Crippen molar-refractivity contribution in [2.75, 3.05) is 12.4 Å². The number of nitro groups is 1. The summed E-state index contributed by atoms with van der Waals surface area (Å²) in [5.74, 6) is 1.43. The predicted molar refractivity (Wildman–Crippen MR) is 77.2 cm³/mol. The molecule has 1 aromatic rings. The normalized spacial score (nSPS) is 26.6. The van der Waals surface area contributed by atoms with E-state index in [0.717, 1.165) is 19.3 Å². The number of nitro benzene ring substituents is 1. The van der Waals surface area contributed by atoms with Gasteiger partial charge in [-0.15, -0.1) is 0 Å². The van der Waals surface area contributed by atoms with Crippen molar-refractivity contribution in [1.29, 1.82) is 0 Å². The van der Waals surface area contributed by atoms with Crippen LogP contribution >= 0.6 is 0 Å². The highest BCUT2D eigenvalue weighted by Gasteiger charge is 2.43.